The number of esters is 1. The van der Waals surface area contributed by atoms with E-state index in [1.807, 2.05) is 0 Å². The van der Waals surface area contributed by atoms with Gasteiger partial charge in [0.2, 0.25) is 5.91 Å². The minimum Gasteiger partial charge on any atom is -0.475 e. The summed E-state index contributed by atoms with van der Waals surface area (Å²) >= 11 is 0. The van der Waals surface area contributed by atoms with E-state index in [-0.39, 0.29) is 37.4 Å². The van der Waals surface area contributed by atoms with E-state index >= 15 is 0 Å². The minimum atomic E-state index is -5.08. The van der Waals surface area contributed by atoms with Crippen LogP contribution in [0.4, 0.5) is 30.7 Å². The van der Waals surface area contributed by atoms with Crippen LogP contribution in [0, 0.1) is 11.7 Å². The maximum atomic E-state index is 13.3. The van der Waals surface area contributed by atoms with Gasteiger partial charge in [0.15, 0.2) is 0 Å². The Balaban J connectivity index is 0.000000646. The van der Waals surface area contributed by atoms with E-state index in [0.717, 1.165) is 4.90 Å². The summed E-state index contributed by atoms with van der Waals surface area (Å²) in [5.41, 5.74) is 1.76. The predicted octanol–water partition coefficient (Wildman–Crippen LogP) is 4.66. The van der Waals surface area contributed by atoms with Crippen molar-refractivity contribution in [2.75, 3.05) is 26.7 Å². The molecule has 8 nitrogen and oxygen atoms in total. The summed E-state index contributed by atoms with van der Waals surface area (Å²) in [5, 5.41) is 7.12. The molecule has 1 heterocycles. The van der Waals surface area contributed by atoms with Crippen molar-refractivity contribution in [3.05, 3.63) is 77.1 Å². The first-order valence-electron chi connectivity index (χ1n) is 12.6. The molecule has 1 saturated heterocycles. The molecule has 0 bridgehead atoms. The van der Waals surface area contributed by atoms with Crippen LogP contribution in [0.5, 0.6) is 0 Å². The molecule has 0 radical (unpaired) electrons. The fourth-order valence-corrected chi connectivity index (χ4v) is 4.39. The first kappa shape index (κ1) is 33.1. The van der Waals surface area contributed by atoms with Crippen LogP contribution >= 0.6 is 0 Å². The Hall–Kier alpha value is -4.43. The van der Waals surface area contributed by atoms with Crippen LogP contribution in [0.15, 0.2) is 54.6 Å². The molecule has 0 aromatic heterocycles. The zero-order valence-corrected chi connectivity index (χ0v) is 22.4. The monoisotopic (exact) mass is 618 g/mol. The molecule has 1 saturated carbocycles. The average Bonchev–Trinajstić information content (AvgIpc) is 3.71. The summed E-state index contributed by atoms with van der Waals surface area (Å²) in [7, 11) is 1.28. The lowest BCUT2D eigenvalue weighted by atomic mass is 9.98. The number of amides is 2. The fourth-order valence-electron chi connectivity index (χ4n) is 4.39. The van der Waals surface area contributed by atoms with Gasteiger partial charge >= 0.3 is 30.2 Å². The van der Waals surface area contributed by atoms with Gasteiger partial charge in [-0.1, -0.05) is 24.3 Å². The number of carbonyl (C=O) groups excluding carboxylic acids is 3. The lowest BCUT2D eigenvalue weighted by Crippen LogP contribution is -2.56. The summed E-state index contributed by atoms with van der Waals surface area (Å²) in [5.74, 6) is -6.41. The molecule has 2 unspecified atom stereocenters. The fraction of sp³-hybridized carbons (Fsp3) is 0.357. The lowest BCUT2D eigenvalue weighted by Gasteiger charge is -2.41. The molecule has 2 aromatic carbocycles. The van der Waals surface area contributed by atoms with Crippen molar-refractivity contribution in [2.24, 2.45) is 5.92 Å². The van der Waals surface area contributed by atoms with Crippen LogP contribution in [0.2, 0.25) is 0 Å². The van der Waals surface area contributed by atoms with E-state index in [0.29, 0.717) is 23.1 Å². The summed E-state index contributed by atoms with van der Waals surface area (Å²) in [6.45, 7) is 0.364. The normalized spacial score (nSPS) is 18.3. The number of carbonyl (C=O) groups is 4. The smallest absolute Gasteiger partial charge is 0.475 e. The number of halogens is 7. The number of benzene rings is 2. The van der Waals surface area contributed by atoms with Crippen molar-refractivity contribution >= 4 is 29.8 Å². The molecule has 2 aromatic rings. The summed E-state index contributed by atoms with van der Waals surface area (Å²) in [4.78, 5) is 47.3. The molecular weight excluding hydrogens is 593 g/mol. The number of methoxy groups -OCH3 is 1. The van der Waals surface area contributed by atoms with Gasteiger partial charge in [0, 0.05) is 43.6 Å². The molecule has 15 heteroatoms. The zero-order chi connectivity index (χ0) is 32.1. The number of carboxylic acid groups (broad SMARTS) is 1. The standard InChI is InChI=1S/C26H24F4N2O4.C2HF3O2/c1-36-24(34)19-5-2-16(3-6-19)4-11-23(33)31-13-17(14-31)15-32(25(35)26(28,29)30)22-12-21(22)18-7-9-20(27)10-8-18;3-2(4,5)1(6)7/h2-11,17,21-22H,12-15H2,1H3;(H,6,7)/b11-4+;. The van der Waals surface area contributed by atoms with Gasteiger partial charge in [-0.2, -0.15) is 26.3 Å². The highest BCUT2D eigenvalue weighted by atomic mass is 19.4. The van der Waals surface area contributed by atoms with Gasteiger partial charge in [0.05, 0.1) is 12.7 Å². The van der Waals surface area contributed by atoms with Crippen molar-refractivity contribution in [1.29, 1.82) is 0 Å². The number of likely N-dealkylation sites (tertiary alicyclic amines) is 1. The Bertz CT molecular complexity index is 1350. The number of hydrogen-bond acceptors (Lipinski definition) is 5. The zero-order valence-electron chi connectivity index (χ0n) is 22.4. The summed E-state index contributed by atoms with van der Waals surface area (Å²) < 4.78 is 89.3. The Morgan fingerprint density at radius 2 is 1.51 bits per heavy atom. The second kappa shape index (κ2) is 13.3. The van der Waals surface area contributed by atoms with Crippen LogP contribution in [0.3, 0.4) is 0 Å². The number of alkyl halides is 6. The van der Waals surface area contributed by atoms with Crippen LogP contribution in [0.25, 0.3) is 6.08 Å². The third-order valence-corrected chi connectivity index (χ3v) is 6.67. The van der Waals surface area contributed by atoms with Crippen LogP contribution < -0.4 is 0 Å². The highest BCUT2D eigenvalue weighted by Gasteiger charge is 2.53. The summed E-state index contributed by atoms with van der Waals surface area (Å²) in [6.07, 6.45) is -6.77. The van der Waals surface area contributed by atoms with Crippen LogP contribution in [-0.4, -0.2) is 83.8 Å². The van der Waals surface area contributed by atoms with Crippen LogP contribution in [0.1, 0.15) is 33.8 Å². The number of aliphatic carboxylic acids is 1. The molecule has 232 valence electrons. The molecule has 4 rings (SSSR count). The van der Waals surface area contributed by atoms with Gasteiger partial charge in [-0.25, -0.2) is 14.0 Å². The molecule has 1 aliphatic carbocycles. The third kappa shape index (κ3) is 9.03. The van der Waals surface area contributed by atoms with Crippen molar-refractivity contribution in [3.63, 3.8) is 0 Å². The maximum absolute atomic E-state index is 13.3. The van der Waals surface area contributed by atoms with E-state index in [9.17, 15) is 45.1 Å². The predicted molar refractivity (Wildman–Crippen MR) is 136 cm³/mol. The van der Waals surface area contributed by atoms with Crippen molar-refractivity contribution < 1.29 is 59.8 Å². The minimum absolute atomic E-state index is 0.108. The molecule has 1 N–H and O–H groups in total. The molecule has 2 amide bonds. The first-order chi connectivity index (χ1) is 20.0. The van der Waals surface area contributed by atoms with Gasteiger partial charge < -0.3 is 19.6 Å². The first-order valence-corrected chi connectivity index (χ1v) is 12.6. The number of hydrogen-bond donors (Lipinski definition) is 1. The molecule has 2 fully saturated rings. The molecule has 0 spiro atoms. The molecular formula is C28H25F7N2O6. The number of ether oxygens (including phenoxy) is 1. The van der Waals surface area contributed by atoms with Crippen molar-refractivity contribution in [1.82, 2.24) is 9.80 Å². The largest absolute Gasteiger partial charge is 0.490 e. The van der Waals surface area contributed by atoms with E-state index in [1.165, 1.54) is 42.4 Å². The van der Waals surface area contributed by atoms with Crippen molar-refractivity contribution in [2.45, 2.75) is 30.7 Å². The second-order valence-electron chi connectivity index (χ2n) is 9.78. The highest BCUT2D eigenvalue weighted by molar-refractivity contribution is 5.93. The average molecular weight is 619 g/mol. The van der Waals surface area contributed by atoms with E-state index in [1.54, 1.807) is 30.3 Å². The van der Waals surface area contributed by atoms with Gasteiger partial charge in [0.25, 0.3) is 0 Å². The number of rotatable bonds is 7. The Morgan fingerprint density at radius 3 is 2.00 bits per heavy atom. The van der Waals surface area contributed by atoms with E-state index in [4.69, 9.17) is 9.90 Å². The Morgan fingerprint density at radius 1 is 0.953 bits per heavy atom. The SMILES string of the molecule is COC(=O)c1ccc(/C=C/C(=O)N2CC(CN(C(=O)C(F)(F)F)C3CC3c3ccc(F)cc3)C2)cc1.O=C(O)C(F)(F)F. The van der Waals surface area contributed by atoms with Gasteiger partial charge in [-0.15, -0.1) is 0 Å². The number of nitrogens with zero attached hydrogens (tertiary/aromatic N) is 2. The van der Waals surface area contributed by atoms with E-state index in [2.05, 4.69) is 4.74 Å². The molecule has 43 heavy (non-hydrogen) atoms. The van der Waals surface area contributed by atoms with Crippen molar-refractivity contribution in [3.8, 4) is 0 Å². The number of carboxylic acids is 1. The van der Waals surface area contributed by atoms with Crippen LogP contribution in [-0.2, 0) is 19.1 Å². The van der Waals surface area contributed by atoms with Gasteiger partial charge in [-0.3, -0.25) is 9.59 Å². The van der Waals surface area contributed by atoms with Gasteiger partial charge in [-0.05, 0) is 47.9 Å². The topological polar surface area (TPSA) is 104 Å². The Kier molecular flexibility index (Phi) is 10.2. The second-order valence-corrected chi connectivity index (χ2v) is 9.78. The Labute approximate surface area is 240 Å². The molecule has 2 aliphatic rings. The molecule has 2 atom stereocenters. The van der Waals surface area contributed by atoms with E-state index < -0.39 is 42.1 Å². The third-order valence-electron chi connectivity index (χ3n) is 6.67. The summed E-state index contributed by atoms with van der Waals surface area (Å²) in [6, 6.07) is 11.4. The molecule has 1 aliphatic heterocycles. The quantitative estimate of drug-likeness (QED) is 0.275. The van der Waals surface area contributed by atoms with Gasteiger partial charge in [0.1, 0.15) is 5.82 Å². The lowest BCUT2D eigenvalue weighted by molar-refractivity contribution is -0.192. The highest BCUT2D eigenvalue weighted by Crippen LogP contribution is 2.46. The maximum Gasteiger partial charge on any atom is 0.490 e.